The summed E-state index contributed by atoms with van der Waals surface area (Å²) < 4.78 is 20.9. The van der Waals surface area contributed by atoms with Gasteiger partial charge in [-0.25, -0.2) is 9.37 Å². The molecule has 0 saturated heterocycles. The summed E-state index contributed by atoms with van der Waals surface area (Å²) in [6.07, 6.45) is 1.93. The highest BCUT2D eigenvalue weighted by Crippen LogP contribution is 2.27. The van der Waals surface area contributed by atoms with Crippen molar-refractivity contribution in [3.8, 4) is 17.0 Å². The molecule has 0 radical (unpaired) electrons. The molecule has 0 bridgehead atoms. The van der Waals surface area contributed by atoms with Crippen molar-refractivity contribution >= 4 is 33.0 Å². The van der Waals surface area contributed by atoms with E-state index < -0.39 is 0 Å². The molecule has 0 spiro atoms. The number of imidazole rings is 1. The molecular weight excluding hydrogens is 425 g/mol. The Morgan fingerprint density at radius 2 is 1.88 bits per heavy atom. The van der Waals surface area contributed by atoms with Crippen LogP contribution in [0.5, 0.6) is 5.75 Å². The van der Waals surface area contributed by atoms with Gasteiger partial charge in [0.25, 0.3) is 5.91 Å². The smallest absolute Gasteiger partial charge is 0.258 e. The quantitative estimate of drug-likeness (QED) is 0.383. The third-order valence-corrected chi connectivity index (χ3v) is 6.50. The van der Waals surface area contributed by atoms with Crippen molar-refractivity contribution in [1.29, 1.82) is 0 Å². The summed E-state index contributed by atoms with van der Waals surface area (Å²) in [6, 6.07) is 20.0. The second kappa shape index (κ2) is 8.43. The van der Waals surface area contributed by atoms with E-state index in [1.807, 2.05) is 60.0 Å². The standard InChI is InChI=1S/C25H20FN3O2S/c1-16-23(32-25-28-21(14-29(16)25)18-9-11-19(26)12-10-18)13-27-24(30)15-31-22-8-4-6-17-5-2-3-7-20(17)22/h2-12,14H,13,15H2,1H3,(H,27,30). The van der Waals surface area contributed by atoms with Gasteiger partial charge in [-0.1, -0.05) is 47.7 Å². The zero-order valence-electron chi connectivity index (χ0n) is 17.3. The topological polar surface area (TPSA) is 55.6 Å². The third-order valence-electron chi connectivity index (χ3n) is 5.35. The number of aromatic nitrogens is 2. The number of benzene rings is 3. The van der Waals surface area contributed by atoms with Gasteiger partial charge in [0.2, 0.25) is 0 Å². The lowest BCUT2D eigenvalue weighted by atomic mass is 10.1. The van der Waals surface area contributed by atoms with E-state index in [1.165, 1.54) is 23.5 Å². The number of carbonyl (C=O) groups is 1. The maximum atomic E-state index is 13.2. The fourth-order valence-electron chi connectivity index (χ4n) is 3.61. The molecule has 0 unspecified atom stereocenters. The van der Waals surface area contributed by atoms with Crippen LogP contribution in [0.1, 0.15) is 10.6 Å². The lowest BCUT2D eigenvalue weighted by Gasteiger charge is -2.09. The molecule has 1 amide bonds. The molecule has 0 saturated carbocycles. The van der Waals surface area contributed by atoms with E-state index in [4.69, 9.17) is 4.74 Å². The van der Waals surface area contributed by atoms with E-state index in [-0.39, 0.29) is 18.3 Å². The maximum absolute atomic E-state index is 13.2. The average molecular weight is 446 g/mol. The van der Waals surface area contributed by atoms with Crippen molar-refractivity contribution in [3.63, 3.8) is 0 Å². The summed E-state index contributed by atoms with van der Waals surface area (Å²) in [7, 11) is 0. The van der Waals surface area contributed by atoms with E-state index in [0.717, 1.165) is 37.6 Å². The van der Waals surface area contributed by atoms with Gasteiger partial charge in [0.15, 0.2) is 11.6 Å². The largest absolute Gasteiger partial charge is 0.483 e. The second-order valence-electron chi connectivity index (χ2n) is 7.44. The van der Waals surface area contributed by atoms with Crippen molar-refractivity contribution in [2.24, 2.45) is 0 Å². The number of halogens is 1. The Labute approximate surface area is 188 Å². The van der Waals surface area contributed by atoms with Gasteiger partial charge >= 0.3 is 0 Å². The van der Waals surface area contributed by atoms with Crippen LogP contribution in [0.2, 0.25) is 0 Å². The molecule has 0 fully saturated rings. The molecule has 160 valence electrons. The van der Waals surface area contributed by atoms with Gasteiger partial charge in [0, 0.05) is 27.7 Å². The summed E-state index contributed by atoms with van der Waals surface area (Å²) in [5.74, 6) is 0.237. The zero-order valence-corrected chi connectivity index (χ0v) is 18.2. The van der Waals surface area contributed by atoms with Gasteiger partial charge < -0.3 is 10.1 Å². The molecule has 1 N–H and O–H groups in total. The van der Waals surface area contributed by atoms with Gasteiger partial charge in [0.1, 0.15) is 11.6 Å². The molecule has 2 heterocycles. The van der Waals surface area contributed by atoms with Gasteiger partial charge in [-0.15, -0.1) is 0 Å². The number of amides is 1. The second-order valence-corrected chi connectivity index (χ2v) is 8.50. The molecule has 5 aromatic rings. The Hall–Kier alpha value is -3.71. The van der Waals surface area contributed by atoms with Crippen LogP contribution in [0.3, 0.4) is 0 Å². The molecule has 0 aliphatic carbocycles. The number of ether oxygens (including phenoxy) is 1. The number of nitrogens with zero attached hydrogens (tertiary/aromatic N) is 2. The van der Waals surface area contributed by atoms with Gasteiger partial charge in [0.05, 0.1) is 12.2 Å². The Balaban J connectivity index is 1.24. The van der Waals surface area contributed by atoms with Crippen LogP contribution in [-0.2, 0) is 11.3 Å². The predicted molar refractivity (Wildman–Crippen MR) is 124 cm³/mol. The molecule has 5 rings (SSSR count). The van der Waals surface area contributed by atoms with Gasteiger partial charge in [-0.3, -0.25) is 9.20 Å². The summed E-state index contributed by atoms with van der Waals surface area (Å²) in [5, 5.41) is 4.98. The Kier molecular flexibility index (Phi) is 5.33. The molecule has 2 aromatic heterocycles. The first kappa shape index (κ1) is 20.2. The van der Waals surface area contributed by atoms with Gasteiger partial charge in [-0.05, 0) is 42.6 Å². The first-order chi connectivity index (χ1) is 15.6. The minimum absolute atomic E-state index is 0.0513. The highest BCUT2D eigenvalue weighted by molar-refractivity contribution is 7.17. The average Bonchev–Trinajstić information content (AvgIpc) is 3.36. The van der Waals surface area contributed by atoms with Crippen LogP contribution < -0.4 is 10.1 Å². The van der Waals surface area contributed by atoms with Crippen molar-refractivity contribution in [1.82, 2.24) is 14.7 Å². The van der Waals surface area contributed by atoms with E-state index in [0.29, 0.717) is 12.3 Å². The number of thiazole rings is 1. The van der Waals surface area contributed by atoms with Crippen LogP contribution in [0.15, 0.2) is 72.9 Å². The molecule has 5 nitrogen and oxygen atoms in total. The van der Waals surface area contributed by atoms with Gasteiger partial charge in [-0.2, -0.15) is 0 Å². The highest BCUT2D eigenvalue weighted by atomic mass is 32.1. The maximum Gasteiger partial charge on any atom is 0.258 e. The Bertz CT molecular complexity index is 1420. The Morgan fingerprint density at radius 3 is 2.69 bits per heavy atom. The summed E-state index contributed by atoms with van der Waals surface area (Å²) >= 11 is 1.52. The number of fused-ring (bicyclic) bond motifs is 2. The normalized spacial score (nSPS) is 11.2. The molecule has 0 aliphatic rings. The van der Waals surface area contributed by atoms with E-state index >= 15 is 0 Å². The molecule has 7 heteroatoms. The number of hydrogen-bond donors (Lipinski definition) is 1. The third kappa shape index (κ3) is 3.94. The first-order valence-corrected chi connectivity index (χ1v) is 11.0. The molecular formula is C25H20FN3O2S. The molecule has 0 atom stereocenters. The number of rotatable bonds is 6. The lowest BCUT2D eigenvalue weighted by molar-refractivity contribution is -0.123. The summed E-state index contributed by atoms with van der Waals surface area (Å²) in [5.41, 5.74) is 2.67. The number of hydrogen-bond acceptors (Lipinski definition) is 4. The van der Waals surface area contributed by atoms with Crippen molar-refractivity contribution in [2.75, 3.05) is 6.61 Å². The monoisotopic (exact) mass is 445 g/mol. The fraction of sp³-hybridized carbons (Fsp3) is 0.120. The first-order valence-electron chi connectivity index (χ1n) is 10.2. The predicted octanol–water partition coefficient (Wildman–Crippen LogP) is 5.36. The zero-order chi connectivity index (χ0) is 22.1. The molecule has 3 aromatic carbocycles. The minimum Gasteiger partial charge on any atom is -0.483 e. The Morgan fingerprint density at radius 1 is 1.09 bits per heavy atom. The minimum atomic E-state index is -0.270. The fourth-order valence-corrected chi connectivity index (χ4v) is 4.66. The highest BCUT2D eigenvalue weighted by Gasteiger charge is 2.14. The van der Waals surface area contributed by atoms with Crippen molar-refractivity contribution < 1.29 is 13.9 Å². The van der Waals surface area contributed by atoms with E-state index in [1.54, 1.807) is 12.1 Å². The molecule has 32 heavy (non-hydrogen) atoms. The van der Waals surface area contributed by atoms with Crippen LogP contribution in [0, 0.1) is 12.7 Å². The van der Waals surface area contributed by atoms with Crippen molar-refractivity contribution in [2.45, 2.75) is 13.5 Å². The van der Waals surface area contributed by atoms with Crippen LogP contribution >= 0.6 is 11.3 Å². The summed E-state index contributed by atoms with van der Waals surface area (Å²) in [4.78, 5) is 18.9. The van der Waals surface area contributed by atoms with E-state index in [2.05, 4.69) is 10.3 Å². The van der Waals surface area contributed by atoms with Crippen molar-refractivity contribution in [3.05, 3.63) is 89.3 Å². The SMILES string of the molecule is Cc1c(CNC(=O)COc2cccc3ccccc23)sc2nc(-c3ccc(F)cc3)cn12. The number of nitrogens with one attached hydrogen (secondary N) is 1. The number of carbonyl (C=O) groups excluding carboxylic acids is 1. The summed E-state index contributed by atoms with van der Waals surface area (Å²) in [6.45, 7) is 2.35. The number of aryl methyl sites for hydroxylation is 1. The lowest BCUT2D eigenvalue weighted by Crippen LogP contribution is -2.28. The van der Waals surface area contributed by atoms with E-state index in [9.17, 15) is 9.18 Å². The molecule has 0 aliphatic heterocycles. The van der Waals surface area contributed by atoms with Crippen LogP contribution in [0.4, 0.5) is 4.39 Å². The van der Waals surface area contributed by atoms with Crippen LogP contribution in [-0.4, -0.2) is 21.9 Å². The van der Waals surface area contributed by atoms with Crippen LogP contribution in [0.25, 0.3) is 27.0 Å².